The molecule has 16 heavy (non-hydrogen) atoms. The molecule has 0 amide bonds. The second-order valence-electron chi connectivity index (χ2n) is 3.47. The monoisotopic (exact) mass is 221 g/mol. The molecule has 2 rings (SSSR count). The fourth-order valence-corrected chi connectivity index (χ4v) is 1.50. The summed E-state index contributed by atoms with van der Waals surface area (Å²) >= 11 is 0. The highest BCUT2D eigenvalue weighted by molar-refractivity contribution is 5.90. The van der Waals surface area contributed by atoms with Crippen LogP contribution in [0.25, 0.3) is 10.9 Å². The first-order valence-electron chi connectivity index (χ1n) is 4.56. The van der Waals surface area contributed by atoms with Crippen LogP contribution in [0.4, 0.5) is 4.39 Å². The van der Waals surface area contributed by atoms with E-state index >= 15 is 0 Å². The zero-order valence-electron chi connectivity index (χ0n) is 8.37. The lowest BCUT2D eigenvalue weighted by atomic mass is 10.1. The van der Waals surface area contributed by atoms with Crippen LogP contribution in [0, 0.1) is 12.7 Å². The largest absolute Gasteiger partial charge is 0.477 e. The van der Waals surface area contributed by atoms with Gasteiger partial charge >= 0.3 is 5.97 Å². The van der Waals surface area contributed by atoms with Crippen molar-refractivity contribution in [1.82, 2.24) is 4.98 Å². The van der Waals surface area contributed by atoms with E-state index < -0.39 is 17.2 Å². The second-order valence-corrected chi connectivity index (χ2v) is 3.47. The Bertz CT molecular complexity index is 645. The molecule has 0 aliphatic carbocycles. The van der Waals surface area contributed by atoms with E-state index in [0.717, 1.165) is 6.07 Å². The number of benzene rings is 1. The van der Waals surface area contributed by atoms with E-state index in [1.54, 1.807) is 6.92 Å². The van der Waals surface area contributed by atoms with E-state index in [9.17, 15) is 14.0 Å². The number of rotatable bonds is 1. The van der Waals surface area contributed by atoms with Gasteiger partial charge in [-0.3, -0.25) is 4.79 Å². The molecule has 0 saturated carbocycles. The molecule has 0 bridgehead atoms. The minimum atomic E-state index is -1.29. The molecule has 1 heterocycles. The number of aromatic nitrogens is 1. The summed E-state index contributed by atoms with van der Waals surface area (Å²) in [6.45, 7) is 1.54. The molecule has 2 aromatic rings. The van der Waals surface area contributed by atoms with Gasteiger partial charge in [0.05, 0.1) is 5.52 Å². The second kappa shape index (κ2) is 3.44. The van der Waals surface area contributed by atoms with Gasteiger partial charge in [0, 0.05) is 11.5 Å². The van der Waals surface area contributed by atoms with Gasteiger partial charge in [-0.2, -0.15) is 0 Å². The molecule has 0 unspecified atom stereocenters. The number of pyridine rings is 1. The zero-order valence-corrected chi connectivity index (χ0v) is 8.37. The molecule has 0 spiro atoms. The number of hydrogen-bond donors (Lipinski definition) is 2. The van der Waals surface area contributed by atoms with E-state index in [-0.39, 0.29) is 16.6 Å². The Morgan fingerprint density at radius 1 is 1.44 bits per heavy atom. The molecule has 0 atom stereocenters. The maximum Gasteiger partial charge on any atom is 0.352 e. The van der Waals surface area contributed by atoms with Crippen molar-refractivity contribution in [3.8, 4) is 0 Å². The summed E-state index contributed by atoms with van der Waals surface area (Å²) < 4.78 is 13.7. The third kappa shape index (κ3) is 1.46. The first-order chi connectivity index (χ1) is 7.50. The van der Waals surface area contributed by atoms with Gasteiger partial charge in [0.2, 0.25) is 0 Å². The summed E-state index contributed by atoms with van der Waals surface area (Å²) in [5.74, 6) is -1.89. The summed E-state index contributed by atoms with van der Waals surface area (Å²) in [5.41, 5.74) is -0.539. The lowest BCUT2D eigenvalue weighted by Crippen LogP contribution is -2.10. The molecule has 4 nitrogen and oxygen atoms in total. The van der Waals surface area contributed by atoms with Crippen LogP contribution in [0.5, 0.6) is 0 Å². The topological polar surface area (TPSA) is 70.2 Å². The average molecular weight is 221 g/mol. The molecule has 0 radical (unpaired) electrons. The predicted octanol–water partition coefficient (Wildman–Crippen LogP) is 1.67. The third-order valence-corrected chi connectivity index (χ3v) is 2.37. The molecule has 82 valence electrons. The lowest BCUT2D eigenvalue weighted by Gasteiger charge is -2.03. The van der Waals surface area contributed by atoms with Crippen LogP contribution < -0.4 is 5.43 Å². The van der Waals surface area contributed by atoms with Crippen molar-refractivity contribution in [2.45, 2.75) is 6.92 Å². The molecule has 1 aromatic carbocycles. The SMILES string of the molecule is Cc1ccc2c(=O)cc(C(=O)O)[nH]c2c1F. The van der Waals surface area contributed by atoms with E-state index in [1.165, 1.54) is 12.1 Å². The van der Waals surface area contributed by atoms with Crippen molar-refractivity contribution in [3.63, 3.8) is 0 Å². The normalized spacial score (nSPS) is 10.6. The molecule has 1 aromatic heterocycles. The number of halogens is 1. The van der Waals surface area contributed by atoms with Gasteiger partial charge in [-0.25, -0.2) is 9.18 Å². The highest BCUT2D eigenvalue weighted by Gasteiger charge is 2.11. The maximum atomic E-state index is 13.7. The Hall–Kier alpha value is -2.17. The van der Waals surface area contributed by atoms with Crippen LogP contribution in [-0.2, 0) is 0 Å². The minimum Gasteiger partial charge on any atom is -0.477 e. The van der Waals surface area contributed by atoms with Crippen LogP contribution in [0.3, 0.4) is 0 Å². The molecule has 0 aliphatic heterocycles. The van der Waals surface area contributed by atoms with Gasteiger partial charge in [0.15, 0.2) is 5.43 Å². The number of carbonyl (C=O) groups is 1. The van der Waals surface area contributed by atoms with Crippen LogP contribution in [0.1, 0.15) is 16.1 Å². The van der Waals surface area contributed by atoms with Crippen molar-refractivity contribution in [1.29, 1.82) is 0 Å². The fourth-order valence-electron chi connectivity index (χ4n) is 1.50. The molecule has 5 heteroatoms. The van der Waals surface area contributed by atoms with Crippen molar-refractivity contribution < 1.29 is 14.3 Å². The van der Waals surface area contributed by atoms with Crippen molar-refractivity contribution in [3.05, 3.63) is 45.5 Å². The molecule has 0 fully saturated rings. The summed E-state index contributed by atoms with van der Waals surface area (Å²) in [6.07, 6.45) is 0. The van der Waals surface area contributed by atoms with E-state index in [2.05, 4.69) is 4.98 Å². The summed E-state index contributed by atoms with van der Waals surface area (Å²) in [4.78, 5) is 24.6. The van der Waals surface area contributed by atoms with E-state index in [0.29, 0.717) is 5.56 Å². The first-order valence-corrected chi connectivity index (χ1v) is 4.56. The average Bonchev–Trinajstić information content (AvgIpc) is 2.23. The van der Waals surface area contributed by atoms with Gasteiger partial charge in [-0.05, 0) is 18.6 Å². The van der Waals surface area contributed by atoms with Crippen LogP contribution in [0.15, 0.2) is 23.0 Å². The van der Waals surface area contributed by atoms with Gasteiger partial charge in [0.25, 0.3) is 0 Å². The number of H-pyrrole nitrogens is 1. The van der Waals surface area contributed by atoms with Gasteiger partial charge in [0.1, 0.15) is 11.5 Å². The predicted molar refractivity (Wildman–Crippen MR) is 56.2 cm³/mol. The van der Waals surface area contributed by atoms with Crippen LogP contribution in [-0.4, -0.2) is 16.1 Å². The first kappa shape index (κ1) is 10.4. The molecule has 0 aliphatic rings. The number of hydrogen-bond acceptors (Lipinski definition) is 2. The van der Waals surface area contributed by atoms with E-state index in [4.69, 9.17) is 5.11 Å². The highest BCUT2D eigenvalue weighted by atomic mass is 19.1. The Balaban J connectivity index is 2.94. The quantitative estimate of drug-likeness (QED) is 0.769. The van der Waals surface area contributed by atoms with Crippen molar-refractivity contribution in [2.24, 2.45) is 0 Å². The van der Waals surface area contributed by atoms with Crippen LogP contribution in [0.2, 0.25) is 0 Å². The summed E-state index contributed by atoms with van der Waals surface area (Å²) in [6, 6.07) is 3.89. The molecule has 0 saturated heterocycles. The Morgan fingerprint density at radius 2 is 2.12 bits per heavy atom. The summed E-state index contributed by atoms with van der Waals surface area (Å²) in [7, 11) is 0. The molecule has 2 N–H and O–H groups in total. The Morgan fingerprint density at radius 3 is 2.75 bits per heavy atom. The fraction of sp³-hybridized carbons (Fsp3) is 0.0909. The number of carboxylic acids is 1. The third-order valence-electron chi connectivity index (χ3n) is 2.37. The summed E-state index contributed by atoms with van der Waals surface area (Å²) in [5, 5.41) is 8.88. The van der Waals surface area contributed by atoms with Crippen LogP contribution >= 0.6 is 0 Å². The van der Waals surface area contributed by atoms with E-state index in [1.807, 2.05) is 0 Å². The van der Waals surface area contributed by atoms with Crippen molar-refractivity contribution >= 4 is 16.9 Å². The number of aryl methyl sites for hydroxylation is 1. The number of nitrogens with one attached hydrogen (secondary N) is 1. The minimum absolute atomic E-state index is 0.0649. The highest BCUT2D eigenvalue weighted by Crippen LogP contribution is 2.16. The zero-order chi connectivity index (χ0) is 11.9. The van der Waals surface area contributed by atoms with Crippen molar-refractivity contribution in [2.75, 3.05) is 0 Å². The van der Waals surface area contributed by atoms with Gasteiger partial charge in [-0.1, -0.05) is 6.07 Å². The smallest absolute Gasteiger partial charge is 0.352 e. The Labute approximate surface area is 89.3 Å². The molecular weight excluding hydrogens is 213 g/mol. The number of fused-ring (bicyclic) bond motifs is 1. The van der Waals surface area contributed by atoms with Gasteiger partial charge in [-0.15, -0.1) is 0 Å². The molecular formula is C11H8FNO3. The maximum absolute atomic E-state index is 13.7. The number of aromatic carboxylic acids is 1. The Kier molecular flexibility index (Phi) is 2.23. The van der Waals surface area contributed by atoms with Gasteiger partial charge < -0.3 is 10.1 Å². The number of carboxylic acid groups (broad SMARTS) is 1. The lowest BCUT2D eigenvalue weighted by molar-refractivity contribution is 0.0691. The standard InChI is InChI=1S/C11H8FNO3/c1-5-2-3-6-8(14)4-7(11(15)16)13-10(6)9(5)12/h2-4H,1H3,(H,13,14)(H,15,16). The number of aromatic amines is 1.